The minimum Gasteiger partial charge on any atom is -0.493 e. The third kappa shape index (κ3) is 5.10. The summed E-state index contributed by atoms with van der Waals surface area (Å²) in [7, 11) is 3.06. The first-order valence-corrected chi connectivity index (χ1v) is 10.4. The molecule has 6 nitrogen and oxygen atoms in total. The number of halogens is 1. The summed E-state index contributed by atoms with van der Waals surface area (Å²) in [6, 6.07) is 14.2. The minimum absolute atomic E-state index is 0.286. The SMILES string of the molecule is CCOC(=O)/C=C/c1ncccc1-c1ccc(Cl)cc1C(O)c1cccc(OC)c1OC. The number of ether oxygens (including phenoxy) is 3. The molecule has 2 aromatic carbocycles. The van der Waals surface area contributed by atoms with Gasteiger partial charge in [-0.3, -0.25) is 4.98 Å². The average molecular weight is 454 g/mol. The first kappa shape index (κ1) is 23.3. The summed E-state index contributed by atoms with van der Waals surface area (Å²) in [6.45, 7) is 2.03. The summed E-state index contributed by atoms with van der Waals surface area (Å²) in [6.07, 6.45) is 3.48. The van der Waals surface area contributed by atoms with Gasteiger partial charge in [-0.2, -0.15) is 0 Å². The van der Waals surface area contributed by atoms with Crippen molar-refractivity contribution in [1.29, 1.82) is 0 Å². The van der Waals surface area contributed by atoms with Crippen molar-refractivity contribution >= 4 is 23.6 Å². The summed E-state index contributed by atoms with van der Waals surface area (Å²) >= 11 is 6.29. The first-order valence-electron chi connectivity index (χ1n) is 9.98. The van der Waals surface area contributed by atoms with Crippen molar-refractivity contribution in [2.45, 2.75) is 13.0 Å². The van der Waals surface area contributed by atoms with Gasteiger partial charge in [0.1, 0.15) is 6.10 Å². The zero-order chi connectivity index (χ0) is 23.1. The second-order valence-corrected chi connectivity index (χ2v) is 7.17. The maximum Gasteiger partial charge on any atom is 0.330 e. The molecule has 0 amide bonds. The molecule has 0 aliphatic rings. The van der Waals surface area contributed by atoms with Crippen LogP contribution in [0.3, 0.4) is 0 Å². The third-order valence-corrected chi connectivity index (χ3v) is 5.06. The molecule has 1 N–H and O–H groups in total. The summed E-state index contributed by atoms with van der Waals surface area (Å²) in [5.41, 5.74) is 3.07. The number of aliphatic hydroxyl groups excluding tert-OH is 1. The molecule has 1 atom stereocenters. The van der Waals surface area contributed by atoms with Gasteiger partial charge < -0.3 is 19.3 Å². The lowest BCUT2D eigenvalue weighted by molar-refractivity contribution is -0.137. The highest BCUT2D eigenvalue weighted by Gasteiger charge is 2.23. The Bertz CT molecular complexity index is 1130. The van der Waals surface area contributed by atoms with Crippen LogP contribution in [0, 0.1) is 0 Å². The van der Waals surface area contributed by atoms with Crippen molar-refractivity contribution in [2.75, 3.05) is 20.8 Å². The smallest absolute Gasteiger partial charge is 0.330 e. The maximum atomic E-state index is 11.8. The molecular formula is C25H24ClNO5. The molecule has 7 heteroatoms. The van der Waals surface area contributed by atoms with Crippen molar-refractivity contribution in [2.24, 2.45) is 0 Å². The zero-order valence-corrected chi connectivity index (χ0v) is 18.8. The number of hydrogen-bond donors (Lipinski definition) is 1. The van der Waals surface area contributed by atoms with Gasteiger partial charge in [-0.05, 0) is 48.4 Å². The van der Waals surface area contributed by atoms with E-state index in [0.29, 0.717) is 38.9 Å². The van der Waals surface area contributed by atoms with E-state index in [-0.39, 0.29) is 6.61 Å². The quantitative estimate of drug-likeness (QED) is 0.378. The number of methoxy groups -OCH3 is 2. The molecule has 0 spiro atoms. The fraction of sp³-hybridized carbons (Fsp3) is 0.200. The van der Waals surface area contributed by atoms with Gasteiger partial charge in [0, 0.05) is 28.4 Å². The highest BCUT2D eigenvalue weighted by molar-refractivity contribution is 6.30. The molecule has 0 bridgehead atoms. The van der Waals surface area contributed by atoms with Crippen molar-refractivity contribution in [3.05, 3.63) is 82.6 Å². The van der Waals surface area contributed by atoms with Crippen LogP contribution >= 0.6 is 11.6 Å². The van der Waals surface area contributed by atoms with E-state index in [4.69, 9.17) is 25.8 Å². The molecule has 0 radical (unpaired) electrons. The minimum atomic E-state index is -1.06. The number of rotatable bonds is 8. The summed E-state index contributed by atoms with van der Waals surface area (Å²) in [5.74, 6) is 0.482. The van der Waals surface area contributed by atoms with Gasteiger partial charge in [0.2, 0.25) is 0 Å². The van der Waals surface area contributed by atoms with E-state index in [0.717, 1.165) is 5.56 Å². The number of carbonyl (C=O) groups excluding carboxylic acids is 1. The molecule has 0 saturated carbocycles. The van der Waals surface area contributed by atoms with E-state index in [1.54, 1.807) is 55.6 Å². The second kappa shape index (κ2) is 10.8. The Kier molecular flexibility index (Phi) is 7.87. The topological polar surface area (TPSA) is 77.9 Å². The third-order valence-electron chi connectivity index (χ3n) is 4.83. The Hall–Kier alpha value is -3.35. The van der Waals surface area contributed by atoms with E-state index in [1.807, 2.05) is 12.1 Å². The number of carbonyl (C=O) groups is 1. The van der Waals surface area contributed by atoms with Gasteiger partial charge >= 0.3 is 5.97 Å². The van der Waals surface area contributed by atoms with Crippen LogP contribution in [-0.4, -0.2) is 36.9 Å². The van der Waals surface area contributed by atoms with Crippen LogP contribution in [0.5, 0.6) is 11.5 Å². The predicted molar refractivity (Wildman–Crippen MR) is 124 cm³/mol. The normalized spacial score (nSPS) is 11.9. The van der Waals surface area contributed by atoms with Gasteiger partial charge in [-0.1, -0.05) is 35.9 Å². The lowest BCUT2D eigenvalue weighted by atomic mass is 9.91. The van der Waals surface area contributed by atoms with Gasteiger partial charge in [-0.25, -0.2) is 4.79 Å². The van der Waals surface area contributed by atoms with Crippen LogP contribution in [0.4, 0.5) is 0 Å². The van der Waals surface area contributed by atoms with Gasteiger partial charge in [0.15, 0.2) is 11.5 Å². The van der Waals surface area contributed by atoms with E-state index in [2.05, 4.69) is 4.98 Å². The molecule has 0 aliphatic heterocycles. The highest BCUT2D eigenvalue weighted by atomic mass is 35.5. The van der Waals surface area contributed by atoms with Gasteiger partial charge in [0.25, 0.3) is 0 Å². The van der Waals surface area contributed by atoms with Crippen LogP contribution in [0.2, 0.25) is 5.02 Å². The van der Waals surface area contributed by atoms with Crippen LogP contribution in [0.15, 0.2) is 60.8 Å². The Labute approximate surface area is 192 Å². The molecule has 166 valence electrons. The average Bonchev–Trinajstić information content (AvgIpc) is 2.82. The number of hydrogen-bond acceptors (Lipinski definition) is 6. The number of para-hydroxylation sites is 1. The maximum absolute atomic E-state index is 11.8. The largest absolute Gasteiger partial charge is 0.493 e. The van der Waals surface area contributed by atoms with Crippen molar-refractivity contribution in [3.63, 3.8) is 0 Å². The number of esters is 1. The van der Waals surface area contributed by atoms with E-state index < -0.39 is 12.1 Å². The Morgan fingerprint density at radius 1 is 1.09 bits per heavy atom. The summed E-state index contributed by atoms with van der Waals surface area (Å²) in [5, 5.41) is 11.8. The molecule has 32 heavy (non-hydrogen) atoms. The summed E-state index contributed by atoms with van der Waals surface area (Å²) < 4.78 is 15.8. The first-order chi connectivity index (χ1) is 15.5. The molecule has 0 aliphatic carbocycles. The Morgan fingerprint density at radius 2 is 1.91 bits per heavy atom. The molecule has 1 unspecified atom stereocenters. The molecule has 3 aromatic rings. The molecule has 0 saturated heterocycles. The lowest BCUT2D eigenvalue weighted by Gasteiger charge is -2.20. The number of nitrogens with zero attached hydrogens (tertiary/aromatic N) is 1. The Balaban J connectivity index is 2.13. The number of aromatic nitrogens is 1. The Morgan fingerprint density at radius 3 is 2.62 bits per heavy atom. The van der Waals surface area contributed by atoms with Crippen LogP contribution in [0.1, 0.15) is 29.8 Å². The second-order valence-electron chi connectivity index (χ2n) is 6.74. The van der Waals surface area contributed by atoms with Crippen molar-refractivity contribution < 1.29 is 24.1 Å². The van der Waals surface area contributed by atoms with E-state index in [1.165, 1.54) is 20.3 Å². The van der Waals surface area contributed by atoms with E-state index >= 15 is 0 Å². The fourth-order valence-electron chi connectivity index (χ4n) is 3.42. The zero-order valence-electron chi connectivity index (χ0n) is 18.0. The van der Waals surface area contributed by atoms with Crippen LogP contribution in [-0.2, 0) is 9.53 Å². The molecule has 3 rings (SSSR count). The van der Waals surface area contributed by atoms with Gasteiger partial charge in [0.05, 0.1) is 26.5 Å². The fourth-order valence-corrected chi connectivity index (χ4v) is 3.60. The van der Waals surface area contributed by atoms with Crippen LogP contribution in [0.25, 0.3) is 17.2 Å². The van der Waals surface area contributed by atoms with Gasteiger partial charge in [-0.15, -0.1) is 0 Å². The number of aliphatic hydroxyl groups is 1. The molecule has 0 fully saturated rings. The molecule has 1 heterocycles. The summed E-state index contributed by atoms with van der Waals surface area (Å²) in [4.78, 5) is 16.2. The standard InChI is InChI=1S/C25H24ClNO5/c1-4-32-23(28)13-12-21-18(8-6-14-27-21)17-11-10-16(26)15-20(17)24(29)19-7-5-9-22(30-2)25(19)31-3/h5-15,24,29H,4H2,1-3H3/b13-12+. The van der Waals surface area contributed by atoms with E-state index in [9.17, 15) is 9.90 Å². The molecular weight excluding hydrogens is 430 g/mol. The highest BCUT2D eigenvalue weighted by Crippen LogP contribution is 2.41. The van der Waals surface area contributed by atoms with Crippen LogP contribution < -0.4 is 9.47 Å². The number of pyridine rings is 1. The number of benzene rings is 2. The lowest BCUT2D eigenvalue weighted by Crippen LogP contribution is -2.06. The predicted octanol–water partition coefficient (Wildman–Crippen LogP) is 5.08. The van der Waals surface area contributed by atoms with Crippen molar-refractivity contribution in [1.82, 2.24) is 4.98 Å². The van der Waals surface area contributed by atoms with Crippen molar-refractivity contribution in [3.8, 4) is 22.6 Å². The monoisotopic (exact) mass is 453 g/mol. The molecule has 1 aromatic heterocycles.